The van der Waals surface area contributed by atoms with Gasteiger partial charge in [-0.15, -0.1) is 22.7 Å². The first kappa shape index (κ1) is 18.1. The van der Waals surface area contributed by atoms with Crippen LogP contribution in [0.2, 0.25) is 0 Å². The number of hydrogen-bond donors (Lipinski definition) is 1. The Hall–Kier alpha value is -1.73. The van der Waals surface area contributed by atoms with Crippen molar-refractivity contribution >= 4 is 39.6 Å². The number of carbonyl (C=O) groups excluding carboxylic acids is 2. The lowest BCUT2D eigenvalue weighted by molar-refractivity contribution is 0.0601. The highest BCUT2D eigenvalue weighted by atomic mass is 32.1. The summed E-state index contributed by atoms with van der Waals surface area (Å²) < 4.78 is 4.95. The predicted octanol–water partition coefficient (Wildman–Crippen LogP) is 4.55. The number of aromatic nitrogens is 1. The molecule has 2 aromatic heterocycles. The van der Waals surface area contributed by atoms with Gasteiger partial charge in [0.05, 0.1) is 23.4 Å². The summed E-state index contributed by atoms with van der Waals surface area (Å²) >= 11 is 2.91. The van der Waals surface area contributed by atoms with Crippen LogP contribution in [-0.2, 0) is 17.6 Å². The quantitative estimate of drug-likeness (QED) is 0.792. The molecule has 1 N–H and O–H groups in total. The number of carbonyl (C=O) groups is 2. The fraction of sp³-hybridized carbons (Fsp3) is 0.500. The Kier molecular flexibility index (Phi) is 5.24. The van der Waals surface area contributed by atoms with Crippen molar-refractivity contribution in [2.24, 2.45) is 0 Å². The van der Waals surface area contributed by atoms with E-state index in [2.05, 4.69) is 24.1 Å². The molecule has 134 valence electrons. The Bertz CT molecular complexity index is 821. The van der Waals surface area contributed by atoms with Crippen LogP contribution in [0.15, 0.2) is 0 Å². The van der Waals surface area contributed by atoms with Crippen LogP contribution in [0, 0.1) is 6.92 Å². The Labute approximate surface area is 155 Å². The van der Waals surface area contributed by atoms with E-state index in [-0.39, 0.29) is 17.8 Å². The van der Waals surface area contributed by atoms with E-state index in [1.165, 1.54) is 34.7 Å². The number of hydrogen-bond acceptors (Lipinski definition) is 6. The Morgan fingerprint density at radius 3 is 2.56 bits per heavy atom. The van der Waals surface area contributed by atoms with Gasteiger partial charge in [0.25, 0.3) is 5.91 Å². The monoisotopic (exact) mass is 378 g/mol. The molecule has 2 aromatic rings. The van der Waals surface area contributed by atoms with Crippen molar-refractivity contribution in [3.63, 3.8) is 0 Å². The highest BCUT2D eigenvalue weighted by Gasteiger charge is 2.28. The van der Waals surface area contributed by atoms with Gasteiger partial charge in [0, 0.05) is 10.8 Å². The second kappa shape index (κ2) is 7.25. The fourth-order valence-corrected chi connectivity index (χ4v) is 5.24. The number of aryl methyl sites for hydroxylation is 2. The van der Waals surface area contributed by atoms with Crippen LogP contribution in [0.4, 0.5) is 5.00 Å². The zero-order valence-corrected chi connectivity index (χ0v) is 16.5. The predicted molar refractivity (Wildman–Crippen MR) is 101 cm³/mol. The van der Waals surface area contributed by atoms with E-state index in [0.29, 0.717) is 15.4 Å². The van der Waals surface area contributed by atoms with Crippen LogP contribution < -0.4 is 5.32 Å². The molecule has 25 heavy (non-hydrogen) atoms. The lowest BCUT2D eigenvalue weighted by Gasteiger charge is -2.11. The van der Waals surface area contributed by atoms with E-state index < -0.39 is 0 Å². The molecule has 0 saturated heterocycles. The number of nitrogens with one attached hydrogen (secondary N) is 1. The largest absolute Gasteiger partial charge is 0.465 e. The number of fused-ring (bicyclic) bond motifs is 1. The first-order valence-electron chi connectivity index (χ1n) is 8.43. The molecule has 0 spiro atoms. The first-order chi connectivity index (χ1) is 11.9. The summed E-state index contributed by atoms with van der Waals surface area (Å²) in [5, 5.41) is 4.49. The summed E-state index contributed by atoms with van der Waals surface area (Å²) in [6, 6.07) is 0. The van der Waals surface area contributed by atoms with E-state index in [4.69, 9.17) is 4.74 Å². The van der Waals surface area contributed by atoms with Gasteiger partial charge in [-0.25, -0.2) is 9.78 Å². The average Bonchev–Trinajstić information content (AvgIpc) is 3.14. The van der Waals surface area contributed by atoms with Gasteiger partial charge in [0.15, 0.2) is 0 Å². The maximum absolute atomic E-state index is 12.8. The molecule has 1 aliphatic carbocycles. The molecule has 0 fully saturated rings. The maximum Gasteiger partial charge on any atom is 0.341 e. The molecule has 1 aliphatic rings. The van der Waals surface area contributed by atoms with E-state index in [1.807, 2.05) is 6.92 Å². The summed E-state index contributed by atoms with van der Waals surface area (Å²) in [5.74, 6) is -0.297. The molecule has 0 bridgehead atoms. The number of amides is 1. The standard InChI is InChI=1S/C18H22N2O3S2/c1-9(2)16-19-10(3)14(25-16)15(21)20-17-13(18(22)23-4)11-7-5-6-8-12(11)24-17/h9H,5-8H2,1-4H3,(H,20,21). The van der Waals surface area contributed by atoms with Crippen molar-refractivity contribution < 1.29 is 14.3 Å². The molecule has 0 atom stereocenters. The lowest BCUT2D eigenvalue weighted by Crippen LogP contribution is -2.15. The lowest BCUT2D eigenvalue weighted by atomic mass is 9.95. The Morgan fingerprint density at radius 1 is 1.20 bits per heavy atom. The minimum absolute atomic E-state index is 0.203. The third kappa shape index (κ3) is 3.48. The van der Waals surface area contributed by atoms with E-state index >= 15 is 0 Å². The summed E-state index contributed by atoms with van der Waals surface area (Å²) in [4.78, 5) is 31.3. The average molecular weight is 379 g/mol. The van der Waals surface area contributed by atoms with Gasteiger partial charge in [-0.05, 0) is 38.2 Å². The molecule has 0 aliphatic heterocycles. The van der Waals surface area contributed by atoms with Crippen molar-refractivity contribution in [1.82, 2.24) is 4.98 Å². The van der Waals surface area contributed by atoms with Crippen molar-refractivity contribution in [3.05, 3.63) is 31.6 Å². The van der Waals surface area contributed by atoms with Crippen molar-refractivity contribution in [3.8, 4) is 0 Å². The highest BCUT2D eigenvalue weighted by molar-refractivity contribution is 7.17. The molecule has 1 amide bonds. The molecule has 0 radical (unpaired) electrons. The molecular weight excluding hydrogens is 356 g/mol. The third-order valence-corrected chi connectivity index (χ3v) is 6.97. The van der Waals surface area contributed by atoms with E-state index in [9.17, 15) is 9.59 Å². The van der Waals surface area contributed by atoms with Gasteiger partial charge < -0.3 is 10.1 Å². The van der Waals surface area contributed by atoms with Gasteiger partial charge in [0.1, 0.15) is 9.88 Å². The van der Waals surface area contributed by atoms with Gasteiger partial charge in [-0.2, -0.15) is 0 Å². The second-order valence-corrected chi connectivity index (χ2v) is 8.62. The van der Waals surface area contributed by atoms with Crippen molar-refractivity contribution in [2.75, 3.05) is 12.4 Å². The summed E-state index contributed by atoms with van der Waals surface area (Å²) in [6.45, 7) is 5.96. The van der Waals surface area contributed by atoms with Crippen molar-refractivity contribution in [1.29, 1.82) is 0 Å². The number of thiazole rings is 1. The number of rotatable bonds is 4. The molecule has 7 heteroatoms. The molecular formula is C18H22N2O3S2. The van der Waals surface area contributed by atoms with E-state index in [0.717, 1.165) is 41.9 Å². The molecule has 0 saturated carbocycles. The molecule has 0 aromatic carbocycles. The Morgan fingerprint density at radius 2 is 1.92 bits per heavy atom. The number of ether oxygens (including phenoxy) is 1. The minimum Gasteiger partial charge on any atom is -0.465 e. The zero-order chi connectivity index (χ0) is 18.1. The third-order valence-electron chi connectivity index (χ3n) is 4.30. The number of anilines is 1. The SMILES string of the molecule is COC(=O)c1c(NC(=O)c2sc(C(C)C)nc2C)sc2c1CCCC2. The van der Waals surface area contributed by atoms with Gasteiger partial charge in [-0.3, -0.25) is 4.79 Å². The van der Waals surface area contributed by atoms with Gasteiger partial charge in [-0.1, -0.05) is 13.8 Å². The summed E-state index contributed by atoms with van der Waals surface area (Å²) in [5.41, 5.74) is 2.30. The van der Waals surface area contributed by atoms with Crippen LogP contribution in [0.25, 0.3) is 0 Å². The normalized spacial score (nSPS) is 13.6. The van der Waals surface area contributed by atoms with Crippen LogP contribution >= 0.6 is 22.7 Å². The van der Waals surface area contributed by atoms with Gasteiger partial charge in [0.2, 0.25) is 0 Å². The molecule has 5 nitrogen and oxygen atoms in total. The second-order valence-electron chi connectivity index (χ2n) is 6.48. The van der Waals surface area contributed by atoms with Crippen LogP contribution in [0.5, 0.6) is 0 Å². The molecule has 0 unspecified atom stereocenters. The van der Waals surface area contributed by atoms with Crippen LogP contribution in [0.1, 0.15) is 73.8 Å². The van der Waals surface area contributed by atoms with Crippen LogP contribution in [-0.4, -0.2) is 24.0 Å². The zero-order valence-electron chi connectivity index (χ0n) is 14.9. The topological polar surface area (TPSA) is 68.3 Å². The summed E-state index contributed by atoms with van der Waals surface area (Å²) in [7, 11) is 1.38. The number of thiophene rings is 1. The smallest absolute Gasteiger partial charge is 0.341 e. The van der Waals surface area contributed by atoms with Gasteiger partial charge >= 0.3 is 5.97 Å². The van der Waals surface area contributed by atoms with Crippen molar-refractivity contribution in [2.45, 2.75) is 52.4 Å². The number of methoxy groups -OCH3 is 1. The Balaban J connectivity index is 1.93. The minimum atomic E-state index is -0.376. The number of esters is 1. The maximum atomic E-state index is 12.8. The van der Waals surface area contributed by atoms with E-state index in [1.54, 1.807) is 0 Å². The molecule has 3 rings (SSSR count). The fourth-order valence-electron chi connectivity index (χ4n) is 3.01. The molecule has 2 heterocycles. The first-order valence-corrected chi connectivity index (χ1v) is 10.1. The summed E-state index contributed by atoms with van der Waals surface area (Å²) in [6.07, 6.45) is 4.00. The number of nitrogens with zero attached hydrogens (tertiary/aromatic N) is 1. The van der Waals surface area contributed by atoms with Crippen LogP contribution in [0.3, 0.4) is 0 Å². The highest BCUT2D eigenvalue weighted by Crippen LogP contribution is 2.39.